The maximum atomic E-state index is 2.37. The Morgan fingerprint density at radius 1 is 0.500 bits per heavy atom. The van der Waals surface area contributed by atoms with Gasteiger partial charge in [0.05, 0.1) is 0 Å². The van der Waals surface area contributed by atoms with Crippen LogP contribution in [-0.4, -0.2) is 0 Å². The third-order valence-corrected chi connectivity index (χ3v) is 4.70. The Bertz CT molecular complexity index is 974. The molecule has 98 valence electrons. The topological polar surface area (TPSA) is 0 Å². The fraction of sp³-hybridized carbons (Fsp3) is 0.200. The third kappa shape index (κ3) is 1.31. The summed E-state index contributed by atoms with van der Waals surface area (Å²) in [5, 5.41) is 8.50. The summed E-state index contributed by atoms with van der Waals surface area (Å²) in [7, 11) is 0. The molecule has 4 aromatic carbocycles. The summed E-state index contributed by atoms with van der Waals surface area (Å²) in [6, 6.07) is 13.7. The van der Waals surface area contributed by atoms with Crippen molar-refractivity contribution in [2.45, 2.75) is 27.7 Å². The van der Waals surface area contributed by atoms with Crippen LogP contribution in [-0.2, 0) is 0 Å². The highest BCUT2D eigenvalue weighted by Gasteiger charge is 2.14. The first kappa shape index (κ1) is 11.7. The molecule has 0 saturated heterocycles. The van der Waals surface area contributed by atoms with Crippen molar-refractivity contribution in [1.82, 2.24) is 0 Å². The Hall–Kier alpha value is -2.08. The molecule has 0 aliphatic rings. The van der Waals surface area contributed by atoms with Gasteiger partial charge in [0, 0.05) is 0 Å². The van der Waals surface area contributed by atoms with Gasteiger partial charge >= 0.3 is 0 Å². The second-order valence-corrected chi connectivity index (χ2v) is 6.10. The Kier molecular flexibility index (Phi) is 2.18. The van der Waals surface area contributed by atoms with E-state index in [0.717, 1.165) is 0 Å². The largest absolute Gasteiger partial charge is 0.0581 e. The lowest BCUT2D eigenvalue weighted by Gasteiger charge is -2.17. The molecule has 0 heterocycles. The van der Waals surface area contributed by atoms with E-state index < -0.39 is 0 Å². The van der Waals surface area contributed by atoms with Crippen molar-refractivity contribution < 1.29 is 0 Å². The van der Waals surface area contributed by atoms with Crippen LogP contribution in [0.15, 0.2) is 36.4 Å². The first-order chi connectivity index (χ1) is 9.58. The Balaban J connectivity index is 2.49. The van der Waals surface area contributed by atoms with E-state index in [9.17, 15) is 0 Å². The second kappa shape index (κ2) is 3.73. The van der Waals surface area contributed by atoms with Crippen LogP contribution in [0, 0.1) is 27.7 Å². The summed E-state index contributed by atoms with van der Waals surface area (Å²) < 4.78 is 0. The molecule has 0 nitrogen and oxygen atoms in total. The van der Waals surface area contributed by atoms with Gasteiger partial charge in [-0.3, -0.25) is 0 Å². The molecule has 20 heavy (non-hydrogen) atoms. The first-order valence-electron chi connectivity index (χ1n) is 7.23. The molecule has 0 fully saturated rings. The zero-order chi connectivity index (χ0) is 14.0. The van der Waals surface area contributed by atoms with Crippen LogP contribution >= 0.6 is 0 Å². The van der Waals surface area contributed by atoms with Gasteiger partial charge in [-0.2, -0.15) is 0 Å². The SMILES string of the molecule is Cc1cc(C)c2cc(C)c3c(C)ccc4ccc1c2c43. The summed E-state index contributed by atoms with van der Waals surface area (Å²) in [5.41, 5.74) is 5.53. The summed E-state index contributed by atoms with van der Waals surface area (Å²) in [6.07, 6.45) is 0. The molecule has 0 aliphatic heterocycles. The van der Waals surface area contributed by atoms with E-state index in [-0.39, 0.29) is 0 Å². The molecular formula is C20H18. The average molecular weight is 258 g/mol. The lowest BCUT2D eigenvalue weighted by atomic mass is 9.86. The zero-order valence-electron chi connectivity index (χ0n) is 12.5. The minimum atomic E-state index is 1.36. The van der Waals surface area contributed by atoms with Gasteiger partial charge in [-0.15, -0.1) is 0 Å². The van der Waals surface area contributed by atoms with Crippen LogP contribution in [0.4, 0.5) is 0 Å². The summed E-state index contributed by atoms with van der Waals surface area (Å²) >= 11 is 0. The van der Waals surface area contributed by atoms with Crippen molar-refractivity contribution in [1.29, 1.82) is 0 Å². The predicted octanol–water partition coefficient (Wildman–Crippen LogP) is 5.82. The van der Waals surface area contributed by atoms with Crippen molar-refractivity contribution in [3.05, 3.63) is 58.7 Å². The highest BCUT2D eigenvalue weighted by molar-refractivity contribution is 6.25. The Labute approximate surface area is 119 Å². The van der Waals surface area contributed by atoms with E-state index in [4.69, 9.17) is 0 Å². The predicted molar refractivity (Wildman–Crippen MR) is 89.1 cm³/mol. The van der Waals surface area contributed by atoms with Gasteiger partial charge in [0.2, 0.25) is 0 Å². The van der Waals surface area contributed by atoms with Crippen LogP contribution in [0.3, 0.4) is 0 Å². The van der Waals surface area contributed by atoms with Crippen LogP contribution in [0.2, 0.25) is 0 Å². The van der Waals surface area contributed by atoms with E-state index in [2.05, 4.69) is 64.1 Å². The van der Waals surface area contributed by atoms with Crippen molar-refractivity contribution in [2.75, 3.05) is 0 Å². The van der Waals surface area contributed by atoms with Crippen molar-refractivity contribution in [2.24, 2.45) is 0 Å². The number of benzene rings is 4. The highest BCUT2D eigenvalue weighted by Crippen LogP contribution is 2.40. The molecule has 0 amide bonds. The minimum absolute atomic E-state index is 1.36. The normalized spacial score (nSPS) is 12.0. The number of hydrogen-bond acceptors (Lipinski definition) is 0. The highest BCUT2D eigenvalue weighted by atomic mass is 14.2. The molecule has 0 aromatic heterocycles. The molecule has 0 saturated carbocycles. The minimum Gasteiger partial charge on any atom is -0.0581 e. The van der Waals surface area contributed by atoms with Gasteiger partial charge in [0.1, 0.15) is 0 Å². The number of hydrogen-bond donors (Lipinski definition) is 0. The van der Waals surface area contributed by atoms with Gasteiger partial charge in [-0.25, -0.2) is 0 Å². The molecule has 0 unspecified atom stereocenters. The third-order valence-electron chi connectivity index (χ3n) is 4.70. The molecule has 4 rings (SSSR count). The van der Waals surface area contributed by atoms with E-state index in [0.29, 0.717) is 0 Å². The van der Waals surface area contributed by atoms with E-state index in [1.54, 1.807) is 0 Å². The van der Waals surface area contributed by atoms with Crippen LogP contribution < -0.4 is 0 Å². The van der Waals surface area contributed by atoms with E-state index >= 15 is 0 Å². The summed E-state index contributed by atoms with van der Waals surface area (Å²) in [5.74, 6) is 0. The quantitative estimate of drug-likeness (QED) is 0.349. The molecule has 0 atom stereocenters. The van der Waals surface area contributed by atoms with Crippen LogP contribution in [0.1, 0.15) is 22.3 Å². The molecule has 4 aromatic rings. The average Bonchev–Trinajstić information content (AvgIpc) is 2.42. The van der Waals surface area contributed by atoms with Gasteiger partial charge in [0.25, 0.3) is 0 Å². The van der Waals surface area contributed by atoms with Crippen LogP contribution in [0.5, 0.6) is 0 Å². The lowest BCUT2D eigenvalue weighted by molar-refractivity contribution is 1.44. The van der Waals surface area contributed by atoms with Crippen molar-refractivity contribution >= 4 is 32.3 Å². The molecule has 0 spiro atoms. The fourth-order valence-electron chi connectivity index (χ4n) is 3.79. The van der Waals surface area contributed by atoms with Crippen molar-refractivity contribution in [3.8, 4) is 0 Å². The second-order valence-electron chi connectivity index (χ2n) is 6.10. The fourth-order valence-corrected chi connectivity index (χ4v) is 3.79. The molecule has 0 radical (unpaired) electrons. The van der Waals surface area contributed by atoms with Crippen LogP contribution in [0.25, 0.3) is 32.3 Å². The first-order valence-corrected chi connectivity index (χ1v) is 7.23. The number of aryl methyl sites for hydroxylation is 4. The summed E-state index contributed by atoms with van der Waals surface area (Å²) in [4.78, 5) is 0. The summed E-state index contributed by atoms with van der Waals surface area (Å²) in [6.45, 7) is 8.91. The molecule has 0 N–H and O–H groups in total. The van der Waals surface area contributed by atoms with Gasteiger partial charge in [-0.05, 0) is 82.3 Å². The molecule has 0 bridgehead atoms. The number of rotatable bonds is 0. The maximum absolute atomic E-state index is 2.37. The lowest BCUT2D eigenvalue weighted by Crippen LogP contribution is -1.92. The zero-order valence-corrected chi connectivity index (χ0v) is 12.5. The van der Waals surface area contributed by atoms with Gasteiger partial charge < -0.3 is 0 Å². The maximum Gasteiger partial charge on any atom is -0.00212 e. The molecule has 0 aliphatic carbocycles. The van der Waals surface area contributed by atoms with E-state index in [1.165, 1.54) is 54.6 Å². The van der Waals surface area contributed by atoms with Gasteiger partial charge in [0.15, 0.2) is 0 Å². The van der Waals surface area contributed by atoms with E-state index in [1.807, 2.05) is 0 Å². The molecule has 0 heteroatoms. The standard InChI is InChI=1S/C20H18/c1-11-5-6-15-7-8-16-12(2)9-13(3)17-10-14(4)18(11)19(15)20(16)17/h5-10H,1-4H3. The molecular weight excluding hydrogens is 240 g/mol. The smallest absolute Gasteiger partial charge is 0.00212 e. The Morgan fingerprint density at radius 3 is 2.00 bits per heavy atom. The Morgan fingerprint density at radius 2 is 1.20 bits per heavy atom. The monoisotopic (exact) mass is 258 g/mol. The van der Waals surface area contributed by atoms with Crippen molar-refractivity contribution in [3.63, 3.8) is 0 Å². The van der Waals surface area contributed by atoms with Gasteiger partial charge in [-0.1, -0.05) is 36.4 Å².